The van der Waals surface area contributed by atoms with E-state index < -0.39 is 30.5 Å². The van der Waals surface area contributed by atoms with Crippen LogP contribution in [0.5, 0.6) is 17.2 Å². The van der Waals surface area contributed by atoms with Crippen LogP contribution in [0, 0.1) is 0 Å². The van der Waals surface area contributed by atoms with E-state index in [-0.39, 0.29) is 34.8 Å². The SMILES string of the molecule is CC(=O)Oc1cc(C(=O)OCC(=O)N(C)C2CCCCC2)cc(OC(C)=O)c1OC(C)=O. The van der Waals surface area contributed by atoms with Crippen LogP contribution in [0.2, 0.25) is 0 Å². The normalized spacial score (nSPS) is 13.6. The minimum absolute atomic E-state index is 0.115. The van der Waals surface area contributed by atoms with Gasteiger partial charge in [-0.3, -0.25) is 19.2 Å². The van der Waals surface area contributed by atoms with Crippen molar-refractivity contribution >= 4 is 29.8 Å². The molecule has 0 spiro atoms. The average Bonchev–Trinajstić information content (AvgIpc) is 2.72. The molecule has 0 radical (unpaired) electrons. The summed E-state index contributed by atoms with van der Waals surface area (Å²) in [6.45, 7) is 2.83. The molecule has 10 nitrogen and oxygen atoms in total. The molecule has 1 saturated carbocycles. The van der Waals surface area contributed by atoms with Crippen molar-refractivity contribution in [2.45, 2.75) is 58.9 Å². The van der Waals surface area contributed by atoms with Crippen molar-refractivity contribution in [3.8, 4) is 17.2 Å². The second-order valence-corrected chi connectivity index (χ2v) is 7.46. The number of hydrogen-bond donors (Lipinski definition) is 0. The van der Waals surface area contributed by atoms with Crippen LogP contribution in [0.15, 0.2) is 12.1 Å². The van der Waals surface area contributed by atoms with Crippen molar-refractivity contribution in [2.24, 2.45) is 0 Å². The maximum Gasteiger partial charge on any atom is 0.338 e. The Morgan fingerprint density at radius 3 is 1.81 bits per heavy atom. The molecule has 1 aromatic carbocycles. The molecule has 0 unspecified atom stereocenters. The van der Waals surface area contributed by atoms with Crippen molar-refractivity contribution in [3.05, 3.63) is 17.7 Å². The van der Waals surface area contributed by atoms with Gasteiger partial charge >= 0.3 is 23.9 Å². The summed E-state index contributed by atoms with van der Waals surface area (Å²) in [5.41, 5.74) is -0.165. The Kier molecular flexibility index (Phi) is 8.74. The molecule has 174 valence electrons. The van der Waals surface area contributed by atoms with Gasteiger partial charge in [0.25, 0.3) is 5.91 Å². The number of nitrogens with zero attached hydrogens (tertiary/aromatic N) is 1. The van der Waals surface area contributed by atoms with Gasteiger partial charge in [0, 0.05) is 33.9 Å². The predicted octanol–water partition coefficient (Wildman–Crippen LogP) is 2.41. The molecular weight excluding hydrogens is 422 g/mol. The number of benzene rings is 1. The van der Waals surface area contributed by atoms with Crippen LogP contribution in [0.1, 0.15) is 63.2 Å². The Balaban J connectivity index is 2.23. The highest BCUT2D eigenvalue weighted by atomic mass is 16.6. The van der Waals surface area contributed by atoms with Gasteiger partial charge in [-0.15, -0.1) is 0 Å². The minimum atomic E-state index is -0.911. The van der Waals surface area contributed by atoms with E-state index in [0.717, 1.165) is 65.0 Å². The van der Waals surface area contributed by atoms with Crippen molar-refractivity contribution < 1.29 is 42.9 Å². The van der Waals surface area contributed by atoms with Crippen LogP contribution in [0.25, 0.3) is 0 Å². The highest BCUT2D eigenvalue weighted by molar-refractivity contribution is 5.93. The summed E-state index contributed by atoms with van der Waals surface area (Å²) < 4.78 is 20.2. The van der Waals surface area contributed by atoms with Gasteiger partial charge in [0.15, 0.2) is 18.1 Å². The van der Waals surface area contributed by atoms with Gasteiger partial charge in [0.2, 0.25) is 5.75 Å². The predicted molar refractivity (Wildman–Crippen MR) is 110 cm³/mol. The first-order chi connectivity index (χ1) is 15.1. The van der Waals surface area contributed by atoms with Gasteiger partial charge in [-0.1, -0.05) is 19.3 Å². The van der Waals surface area contributed by atoms with Crippen molar-refractivity contribution in [2.75, 3.05) is 13.7 Å². The van der Waals surface area contributed by atoms with Gasteiger partial charge in [-0.2, -0.15) is 0 Å². The molecule has 0 heterocycles. The zero-order valence-electron chi connectivity index (χ0n) is 18.6. The molecule has 0 saturated heterocycles. The van der Waals surface area contributed by atoms with Crippen LogP contribution >= 0.6 is 0 Å². The number of carbonyl (C=O) groups is 5. The van der Waals surface area contributed by atoms with Gasteiger partial charge in [0.1, 0.15) is 0 Å². The van der Waals surface area contributed by atoms with Crippen LogP contribution in [0.3, 0.4) is 0 Å². The quantitative estimate of drug-likeness (QED) is 0.456. The fraction of sp³-hybridized carbons (Fsp3) is 0.500. The third-order valence-corrected chi connectivity index (χ3v) is 4.85. The maximum atomic E-state index is 12.6. The van der Waals surface area contributed by atoms with E-state index in [1.54, 1.807) is 11.9 Å². The lowest BCUT2D eigenvalue weighted by Crippen LogP contribution is -2.40. The van der Waals surface area contributed by atoms with Crippen molar-refractivity contribution in [3.63, 3.8) is 0 Å². The third-order valence-electron chi connectivity index (χ3n) is 4.85. The zero-order chi connectivity index (χ0) is 23.8. The second-order valence-electron chi connectivity index (χ2n) is 7.46. The summed E-state index contributed by atoms with van der Waals surface area (Å²) in [5, 5.41) is 0. The van der Waals surface area contributed by atoms with Crippen LogP contribution in [-0.2, 0) is 23.9 Å². The van der Waals surface area contributed by atoms with Gasteiger partial charge in [-0.25, -0.2) is 4.79 Å². The number of carbonyl (C=O) groups excluding carboxylic acids is 5. The molecule has 0 aliphatic heterocycles. The topological polar surface area (TPSA) is 126 Å². The third kappa shape index (κ3) is 7.07. The molecule has 0 aromatic heterocycles. The number of rotatable bonds is 7. The number of likely N-dealkylation sites (N-methyl/N-ethyl adjacent to an activating group) is 1. The van der Waals surface area contributed by atoms with Crippen molar-refractivity contribution in [1.82, 2.24) is 4.90 Å². The van der Waals surface area contributed by atoms with Gasteiger partial charge in [-0.05, 0) is 25.0 Å². The molecule has 1 aliphatic carbocycles. The Labute approximate surface area is 185 Å². The molecule has 1 aromatic rings. The van der Waals surface area contributed by atoms with E-state index in [9.17, 15) is 24.0 Å². The molecule has 1 fully saturated rings. The number of amides is 1. The molecule has 32 heavy (non-hydrogen) atoms. The lowest BCUT2D eigenvalue weighted by atomic mass is 9.94. The van der Waals surface area contributed by atoms with E-state index in [1.807, 2.05) is 0 Å². The van der Waals surface area contributed by atoms with Gasteiger partial charge < -0.3 is 23.8 Å². The molecular formula is C22H27NO9. The highest BCUT2D eigenvalue weighted by Gasteiger charge is 2.25. The standard InChI is InChI=1S/C22H27NO9/c1-13(24)30-18-10-16(11-19(31-14(2)25)21(18)32-15(3)26)22(28)29-12-20(27)23(4)17-8-6-5-7-9-17/h10-11,17H,5-9,12H2,1-4H3. The Morgan fingerprint density at radius 1 is 0.844 bits per heavy atom. The molecule has 0 N–H and O–H groups in total. The van der Waals surface area contributed by atoms with Crippen molar-refractivity contribution in [1.29, 1.82) is 0 Å². The molecule has 1 aliphatic rings. The Bertz CT molecular complexity index is 866. The minimum Gasteiger partial charge on any atom is -0.452 e. The summed E-state index contributed by atoms with van der Waals surface area (Å²) in [7, 11) is 1.68. The van der Waals surface area contributed by atoms with Crippen LogP contribution in [0.4, 0.5) is 0 Å². The first kappa shape index (κ1) is 24.8. The van der Waals surface area contributed by atoms with E-state index in [2.05, 4.69) is 0 Å². The van der Waals surface area contributed by atoms with Crippen LogP contribution < -0.4 is 14.2 Å². The lowest BCUT2D eigenvalue weighted by molar-refractivity contribution is -0.136. The largest absolute Gasteiger partial charge is 0.452 e. The lowest BCUT2D eigenvalue weighted by Gasteiger charge is -2.31. The molecule has 1 amide bonds. The fourth-order valence-electron chi connectivity index (χ4n) is 3.38. The number of esters is 4. The monoisotopic (exact) mass is 449 g/mol. The average molecular weight is 449 g/mol. The first-order valence-corrected chi connectivity index (χ1v) is 10.2. The van der Waals surface area contributed by atoms with E-state index >= 15 is 0 Å². The second kappa shape index (κ2) is 11.3. The number of hydrogen-bond acceptors (Lipinski definition) is 9. The summed E-state index contributed by atoms with van der Waals surface area (Å²) in [6, 6.07) is 2.32. The van der Waals surface area contributed by atoms with E-state index in [0.29, 0.717) is 0 Å². The Hall–Kier alpha value is -3.43. The fourth-order valence-corrected chi connectivity index (χ4v) is 3.38. The first-order valence-electron chi connectivity index (χ1n) is 10.2. The molecule has 0 bridgehead atoms. The summed E-state index contributed by atoms with van der Waals surface area (Å²) in [6.07, 6.45) is 5.06. The maximum absolute atomic E-state index is 12.6. The smallest absolute Gasteiger partial charge is 0.338 e. The summed E-state index contributed by atoms with van der Waals surface area (Å²) in [5.74, 6) is -4.52. The molecule has 0 atom stereocenters. The summed E-state index contributed by atoms with van der Waals surface area (Å²) >= 11 is 0. The van der Waals surface area contributed by atoms with Gasteiger partial charge in [0.05, 0.1) is 5.56 Å². The molecule has 10 heteroatoms. The summed E-state index contributed by atoms with van der Waals surface area (Å²) in [4.78, 5) is 61.0. The Morgan fingerprint density at radius 2 is 1.34 bits per heavy atom. The van der Waals surface area contributed by atoms with E-state index in [4.69, 9.17) is 18.9 Å². The number of ether oxygens (including phenoxy) is 4. The van der Waals surface area contributed by atoms with Crippen LogP contribution in [-0.4, -0.2) is 54.4 Å². The van der Waals surface area contributed by atoms with E-state index in [1.165, 1.54) is 0 Å². The highest BCUT2D eigenvalue weighted by Crippen LogP contribution is 2.39. The molecule has 2 rings (SSSR count). The zero-order valence-corrected chi connectivity index (χ0v) is 18.6.